The van der Waals surface area contributed by atoms with Gasteiger partial charge in [0.15, 0.2) is 17.1 Å². The molecule has 0 aliphatic carbocycles. The highest BCUT2D eigenvalue weighted by Crippen LogP contribution is 2.35. The second-order valence-electron chi connectivity index (χ2n) is 18.2. The number of likely N-dealkylation sites (tertiary alicyclic amines) is 2. The Kier molecular flexibility index (Phi) is 14.9. The van der Waals surface area contributed by atoms with E-state index in [2.05, 4.69) is 35.7 Å². The number of hydrogen-bond acceptors (Lipinski definition) is 14. The lowest BCUT2D eigenvalue weighted by molar-refractivity contribution is -0.141. The number of nitrogens with two attached hydrogens (primary N) is 1. The number of phenols is 1. The van der Waals surface area contributed by atoms with Gasteiger partial charge in [0.1, 0.15) is 17.7 Å². The number of aryl methyl sites for hydroxylation is 1. The molecule has 2 saturated heterocycles. The van der Waals surface area contributed by atoms with Gasteiger partial charge in [-0.3, -0.25) is 14.3 Å². The fourth-order valence-electron chi connectivity index (χ4n) is 9.37. The number of piperidine rings is 1. The molecule has 17 heteroatoms. The first-order valence-electron chi connectivity index (χ1n) is 23.4. The van der Waals surface area contributed by atoms with Crippen LogP contribution in [0.5, 0.6) is 11.6 Å². The number of nitrogens with zero attached hydrogens (tertiary/aromatic N) is 8. The second-order valence-corrected chi connectivity index (χ2v) is 19.0. The molecule has 0 radical (unpaired) electrons. The number of thiazole rings is 1. The molecule has 4 aromatic heterocycles. The maximum atomic E-state index is 14.1. The third kappa shape index (κ3) is 10.7. The fourth-order valence-corrected chi connectivity index (χ4v) is 10.2. The molecule has 350 valence electrons. The van der Waals surface area contributed by atoms with Gasteiger partial charge in [-0.05, 0) is 86.5 Å². The highest BCUT2D eigenvalue weighted by Gasteiger charge is 2.43. The van der Waals surface area contributed by atoms with Gasteiger partial charge in [0.05, 0.1) is 52.1 Å². The number of amides is 2. The van der Waals surface area contributed by atoms with Crippen LogP contribution in [0.3, 0.4) is 0 Å². The number of anilines is 1. The zero-order chi connectivity index (χ0) is 46.3. The molecule has 0 bridgehead atoms. The Balaban J connectivity index is 0.733. The summed E-state index contributed by atoms with van der Waals surface area (Å²) in [6.07, 6.45) is 7.81. The summed E-state index contributed by atoms with van der Waals surface area (Å²) in [7, 11) is 0. The third-order valence-corrected chi connectivity index (χ3v) is 14.0. The van der Waals surface area contributed by atoms with Crippen molar-refractivity contribution in [1.82, 2.24) is 45.2 Å². The molecule has 6 heterocycles. The molecule has 0 spiro atoms. The summed E-state index contributed by atoms with van der Waals surface area (Å²) in [5.41, 5.74) is 13.7. The van der Waals surface area contributed by atoms with Crippen LogP contribution >= 0.6 is 11.3 Å². The number of para-hydroxylation sites is 1. The maximum Gasteiger partial charge on any atom is 0.254 e. The highest BCUT2D eigenvalue weighted by atomic mass is 32.1. The number of nitrogen functional groups attached to an aromatic ring is 1. The van der Waals surface area contributed by atoms with Gasteiger partial charge in [0.2, 0.25) is 11.8 Å². The van der Waals surface area contributed by atoms with Crippen molar-refractivity contribution in [3.05, 3.63) is 83.2 Å². The minimum atomic E-state index is -0.813. The Morgan fingerprint density at radius 1 is 0.985 bits per heavy atom. The minimum Gasteiger partial charge on any atom is -0.507 e. The summed E-state index contributed by atoms with van der Waals surface area (Å²) >= 11 is 1.59. The number of aliphatic hydroxyl groups excluding tert-OH is 1. The van der Waals surface area contributed by atoms with Crippen molar-refractivity contribution < 1.29 is 29.1 Å². The first kappa shape index (κ1) is 46.6. The Labute approximate surface area is 389 Å². The standard InChI is InChI=1S/C49H62N10O6S/c1-30(2)44(49(63)58-28-36(60)25-40(58)48(62)52-31(3)33-15-17-34(18-16-33)46-32(4)51-29-66-46)42-27-43(56-65-42)64-24-12-8-6-5-7-11-21-57-22-19-35(20-23-57)59-39-26-38(37-13-9-10-14-41(37)61)53-54-45(39)47(50)55-59/h9-10,13-18,26-27,29-31,35-36,40,44,60-61H,5-8,11-12,19-25,28H2,1-4H3,(H2,50,55)(H,52,62)/t31-,36+,40-,44?/m0/s1. The number of phenolic OH excluding ortho intramolecular Hbond substituents is 1. The number of nitrogens with one attached hydrogen (secondary N) is 1. The summed E-state index contributed by atoms with van der Waals surface area (Å²) in [5.74, 6) is -0.189. The van der Waals surface area contributed by atoms with E-state index in [1.807, 2.05) is 80.4 Å². The topological polar surface area (TPSA) is 211 Å². The van der Waals surface area contributed by atoms with Gasteiger partial charge in [0, 0.05) is 37.7 Å². The Morgan fingerprint density at radius 2 is 1.73 bits per heavy atom. The number of unbranched alkanes of at least 4 members (excludes halogenated alkanes) is 5. The zero-order valence-corrected chi connectivity index (χ0v) is 39.1. The van der Waals surface area contributed by atoms with E-state index in [9.17, 15) is 19.8 Å². The number of β-amino-alcohol motifs (C(OH)–C–C–N with tert-alkyl or cyclic N) is 1. The minimum absolute atomic E-state index is 0.0656. The normalized spacial score (nSPS) is 18.0. The number of carbonyl (C=O) groups is 2. The number of aromatic hydroxyl groups is 1. The van der Waals surface area contributed by atoms with E-state index in [0.29, 0.717) is 40.8 Å². The molecule has 16 nitrogen and oxygen atoms in total. The molecule has 4 atom stereocenters. The van der Waals surface area contributed by atoms with Crippen molar-refractivity contribution in [2.45, 2.75) is 116 Å². The molecule has 0 saturated carbocycles. The van der Waals surface area contributed by atoms with Crippen LogP contribution in [0.1, 0.15) is 114 Å². The van der Waals surface area contributed by atoms with E-state index in [4.69, 9.17) is 15.0 Å². The number of fused-ring (bicyclic) bond motifs is 1. The van der Waals surface area contributed by atoms with Crippen molar-refractivity contribution >= 4 is 40.0 Å². The van der Waals surface area contributed by atoms with Gasteiger partial charge in [0.25, 0.3) is 5.88 Å². The lowest BCUT2D eigenvalue weighted by atomic mass is 9.91. The van der Waals surface area contributed by atoms with E-state index in [1.165, 1.54) is 11.3 Å². The molecule has 2 amide bonds. The Bertz CT molecular complexity index is 2570. The van der Waals surface area contributed by atoms with Gasteiger partial charge < -0.3 is 40.3 Å². The van der Waals surface area contributed by atoms with E-state index in [0.717, 1.165) is 91.8 Å². The first-order valence-corrected chi connectivity index (χ1v) is 24.2. The number of aromatic nitrogens is 6. The number of ether oxygens (including phenoxy) is 1. The molecule has 2 aliphatic heterocycles. The van der Waals surface area contributed by atoms with Crippen LogP contribution in [-0.2, 0) is 9.59 Å². The Hall–Kier alpha value is -5.91. The summed E-state index contributed by atoms with van der Waals surface area (Å²) in [6.45, 7) is 11.4. The maximum absolute atomic E-state index is 14.1. The van der Waals surface area contributed by atoms with Crippen LogP contribution in [0, 0.1) is 12.8 Å². The third-order valence-electron chi connectivity index (χ3n) is 13.1. The lowest BCUT2D eigenvalue weighted by Crippen LogP contribution is -2.48. The molecule has 8 rings (SSSR count). The van der Waals surface area contributed by atoms with Crippen LogP contribution in [0.2, 0.25) is 0 Å². The van der Waals surface area contributed by atoms with Crippen molar-refractivity contribution in [3.8, 4) is 33.3 Å². The number of aliphatic hydroxyl groups is 1. The molecule has 2 fully saturated rings. The largest absolute Gasteiger partial charge is 0.507 e. The van der Waals surface area contributed by atoms with Gasteiger partial charge in [-0.2, -0.15) is 5.10 Å². The van der Waals surface area contributed by atoms with Crippen LogP contribution in [0.15, 0.2) is 70.7 Å². The molecule has 5 N–H and O–H groups in total. The molecular formula is C49H62N10O6S. The number of carbonyl (C=O) groups excluding carboxylic acids is 2. The predicted molar refractivity (Wildman–Crippen MR) is 254 cm³/mol. The van der Waals surface area contributed by atoms with Crippen molar-refractivity contribution in [1.29, 1.82) is 0 Å². The molecular weight excluding hydrogens is 857 g/mol. The monoisotopic (exact) mass is 918 g/mol. The average molecular weight is 919 g/mol. The summed E-state index contributed by atoms with van der Waals surface area (Å²) < 4.78 is 13.6. The summed E-state index contributed by atoms with van der Waals surface area (Å²) in [6, 6.07) is 17.9. The van der Waals surface area contributed by atoms with Gasteiger partial charge >= 0.3 is 0 Å². The summed E-state index contributed by atoms with van der Waals surface area (Å²) in [5, 5.41) is 41.6. The smallest absolute Gasteiger partial charge is 0.254 e. The zero-order valence-electron chi connectivity index (χ0n) is 38.3. The number of benzene rings is 2. The lowest BCUT2D eigenvalue weighted by Gasteiger charge is -2.32. The van der Waals surface area contributed by atoms with Crippen molar-refractivity contribution in [3.63, 3.8) is 0 Å². The number of rotatable bonds is 19. The van der Waals surface area contributed by atoms with E-state index >= 15 is 0 Å². The molecule has 2 aromatic carbocycles. The second kappa shape index (κ2) is 21.2. The SMILES string of the molecule is Cc1ncsc1-c1ccc([C@H](C)NC(=O)[C@@H]2C[C@@H](O)CN2C(=O)C(c2cc(OCCCCCCCCN3CCC(n4nc(N)c5nnc(-c6ccccc6O)cc54)CC3)no2)C(C)C)cc1. The first-order chi connectivity index (χ1) is 31.9. The van der Waals surface area contributed by atoms with E-state index < -0.39 is 18.1 Å². The molecule has 1 unspecified atom stereocenters. The highest BCUT2D eigenvalue weighted by molar-refractivity contribution is 7.13. The van der Waals surface area contributed by atoms with Gasteiger partial charge in [-0.15, -0.1) is 21.5 Å². The average Bonchev–Trinajstić information content (AvgIpc) is 4.13. The fraction of sp³-hybridized carbons (Fsp3) is 0.490. The van der Waals surface area contributed by atoms with Crippen molar-refractivity contribution in [2.24, 2.45) is 5.92 Å². The van der Waals surface area contributed by atoms with Crippen LogP contribution in [-0.4, -0.2) is 107 Å². The quantitative estimate of drug-likeness (QED) is 0.0572. The van der Waals surface area contributed by atoms with Crippen molar-refractivity contribution in [2.75, 3.05) is 38.5 Å². The van der Waals surface area contributed by atoms with Gasteiger partial charge in [-0.25, -0.2) is 4.98 Å². The molecule has 66 heavy (non-hydrogen) atoms. The van der Waals surface area contributed by atoms with Gasteiger partial charge in [-0.1, -0.05) is 75.9 Å². The van der Waals surface area contributed by atoms with Crippen LogP contribution in [0.25, 0.3) is 32.7 Å². The van der Waals surface area contributed by atoms with Crippen LogP contribution in [0.4, 0.5) is 5.82 Å². The number of hydrogen-bond donors (Lipinski definition) is 4. The van der Waals surface area contributed by atoms with Crippen LogP contribution < -0.4 is 15.8 Å². The molecule has 6 aromatic rings. The Morgan fingerprint density at radius 3 is 2.45 bits per heavy atom. The van der Waals surface area contributed by atoms with E-state index in [-0.39, 0.29) is 48.5 Å². The van der Waals surface area contributed by atoms with E-state index in [1.54, 1.807) is 29.5 Å². The summed E-state index contributed by atoms with van der Waals surface area (Å²) in [4.78, 5) is 37.3. The predicted octanol–water partition coefficient (Wildman–Crippen LogP) is 7.84. The molecule has 2 aliphatic rings.